The van der Waals surface area contributed by atoms with Gasteiger partial charge < -0.3 is 16.4 Å². The Labute approximate surface area is 117 Å². The van der Waals surface area contributed by atoms with Crippen molar-refractivity contribution in [2.24, 2.45) is 5.73 Å². The van der Waals surface area contributed by atoms with Crippen LogP contribution in [0.5, 0.6) is 0 Å². The predicted molar refractivity (Wildman–Crippen MR) is 72.6 cm³/mol. The maximum atomic E-state index is 12.6. The van der Waals surface area contributed by atoms with E-state index in [0.29, 0.717) is 12.1 Å². The molecule has 0 radical (unpaired) electrons. The van der Waals surface area contributed by atoms with Gasteiger partial charge in [0.1, 0.15) is 5.82 Å². The summed E-state index contributed by atoms with van der Waals surface area (Å²) in [6.07, 6.45) is 0. The van der Waals surface area contributed by atoms with Gasteiger partial charge in [0.2, 0.25) is 5.91 Å². The molecule has 0 spiro atoms. The highest BCUT2D eigenvalue weighted by Crippen LogP contribution is 2.01. The normalized spacial score (nSPS) is 11.1. The Hall–Kier alpha value is -1.66. The van der Waals surface area contributed by atoms with Crippen molar-refractivity contribution in [1.29, 1.82) is 0 Å². The molecule has 1 atom stereocenters. The third-order valence-corrected chi connectivity index (χ3v) is 2.23. The van der Waals surface area contributed by atoms with Gasteiger partial charge in [-0.15, -0.1) is 12.4 Å². The van der Waals surface area contributed by atoms with E-state index in [-0.39, 0.29) is 30.8 Å². The lowest BCUT2D eigenvalue weighted by Gasteiger charge is -2.08. The van der Waals surface area contributed by atoms with Crippen molar-refractivity contribution in [2.45, 2.75) is 13.0 Å². The van der Waals surface area contributed by atoms with Crippen LogP contribution < -0.4 is 16.4 Å². The Kier molecular flexibility index (Phi) is 7.71. The molecule has 0 aliphatic carbocycles. The third kappa shape index (κ3) is 6.17. The van der Waals surface area contributed by atoms with E-state index < -0.39 is 11.9 Å². The van der Waals surface area contributed by atoms with E-state index in [9.17, 15) is 14.0 Å². The quantitative estimate of drug-likeness (QED) is 0.688. The van der Waals surface area contributed by atoms with Crippen molar-refractivity contribution in [3.63, 3.8) is 0 Å². The third-order valence-electron chi connectivity index (χ3n) is 2.23. The summed E-state index contributed by atoms with van der Waals surface area (Å²) in [7, 11) is 0. The smallest absolute Gasteiger partial charge is 0.251 e. The number of amides is 2. The van der Waals surface area contributed by atoms with Crippen LogP contribution in [0.15, 0.2) is 24.3 Å². The predicted octanol–water partition coefficient (Wildman–Crippen LogP) is 0.441. The van der Waals surface area contributed by atoms with E-state index in [1.165, 1.54) is 24.3 Å². The maximum absolute atomic E-state index is 12.6. The van der Waals surface area contributed by atoms with Gasteiger partial charge >= 0.3 is 0 Å². The molecule has 0 saturated heterocycles. The van der Waals surface area contributed by atoms with Crippen LogP contribution in [0, 0.1) is 5.82 Å². The molecular formula is C12H17ClFN3O2. The molecule has 0 saturated carbocycles. The summed E-state index contributed by atoms with van der Waals surface area (Å²) in [4.78, 5) is 22.7. The molecule has 1 rings (SSSR count). The first-order valence-electron chi connectivity index (χ1n) is 5.58. The molecule has 5 nitrogen and oxygen atoms in total. The second-order valence-corrected chi connectivity index (χ2v) is 3.84. The summed E-state index contributed by atoms with van der Waals surface area (Å²) in [5, 5.41) is 5.16. The summed E-state index contributed by atoms with van der Waals surface area (Å²) >= 11 is 0. The van der Waals surface area contributed by atoms with E-state index in [4.69, 9.17) is 5.73 Å². The number of hydrogen-bond donors (Lipinski definition) is 3. The summed E-state index contributed by atoms with van der Waals surface area (Å²) < 4.78 is 12.6. The average molecular weight is 290 g/mol. The van der Waals surface area contributed by atoms with Gasteiger partial charge in [-0.1, -0.05) is 0 Å². The van der Waals surface area contributed by atoms with Gasteiger partial charge in [0, 0.05) is 18.7 Å². The van der Waals surface area contributed by atoms with E-state index in [1.807, 2.05) is 0 Å². The van der Waals surface area contributed by atoms with Crippen molar-refractivity contribution in [1.82, 2.24) is 10.6 Å². The van der Waals surface area contributed by atoms with Gasteiger partial charge in [0.15, 0.2) is 0 Å². The van der Waals surface area contributed by atoms with Crippen molar-refractivity contribution in [2.75, 3.05) is 13.1 Å². The molecule has 1 aromatic rings. The molecule has 0 aliphatic heterocycles. The second-order valence-electron chi connectivity index (χ2n) is 3.84. The van der Waals surface area contributed by atoms with Gasteiger partial charge in [-0.05, 0) is 31.2 Å². The Morgan fingerprint density at radius 2 is 1.74 bits per heavy atom. The standard InChI is InChI=1S/C12H16FN3O2.ClH/c1-8(14)11(17)15-6-7-16-12(18)9-2-4-10(13)5-3-9;/h2-5,8H,6-7,14H2,1H3,(H,15,17)(H,16,18);1H/t8-;/m1./s1. The van der Waals surface area contributed by atoms with Gasteiger partial charge in [0.25, 0.3) is 5.91 Å². The van der Waals surface area contributed by atoms with Crippen LogP contribution in [0.1, 0.15) is 17.3 Å². The summed E-state index contributed by atoms with van der Waals surface area (Å²) in [6.45, 7) is 2.16. The first-order chi connectivity index (χ1) is 8.50. The SMILES string of the molecule is C[C@@H](N)C(=O)NCCNC(=O)c1ccc(F)cc1.Cl. The van der Waals surface area contributed by atoms with Crippen molar-refractivity contribution < 1.29 is 14.0 Å². The summed E-state index contributed by atoms with van der Waals surface area (Å²) in [5.41, 5.74) is 5.72. The highest BCUT2D eigenvalue weighted by Gasteiger charge is 2.07. The summed E-state index contributed by atoms with van der Waals surface area (Å²) in [5.74, 6) is -0.980. The minimum absolute atomic E-state index is 0. The minimum atomic E-state index is -0.571. The Bertz CT molecular complexity index is 423. The molecule has 4 N–H and O–H groups in total. The highest BCUT2D eigenvalue weighted by molar-refractivity contribution is 5.94. The zero-order valence-corrected chi connectivity index (χ0v) is 11.3. The number of rotatable bonds is 5. The number of carbonyl (C=O) groups is 2. The van der Waals surface area contributed by atoms with E-state index in [2.05, 4.69) is 10.6 Å². The lowest BCUT2D eigenvalue weighted by molar-refractivity contribution is -0.121. The Morgan fingerprint density at radius 3 is 2.26 bits per heavy atom. The van der Waals surface area contributed by atoms with Gasteiger partial charge in [-0.25, -0.2) is 4.39 Å². The average Bonchev–Trinajstić information content (AvgIpc) is 2.34. The number of nitrogens with one attached hydrogen (secondary N) is 2. The molecule has 1 aromatic carbocycles. The molecule has 0 unspecified atom stereocenters. The largest absolute Gasteiger partial charge is 0.353 e. The number of nitrogens with two attached hydrogens (primary N) is 1. The maximum Gasteiger partial charge on any atom is 0.251 e. The molecule has 106 valence electrons. The van der Waals surface area contributed by atoms with Crippen molar-refractivity contribution in [3.8, 4) is 0 Å². The van der Waals surface area contributed by atoms with Crippen LogP contribution in [0.3, 0.4) is 0 Å². The first-order valence-corrected chi connectivity index (χ1v) is 5.58. The van der Waals surface area contributed by atoms with Crippen molar-refractivity contribution >= 4 is 24.2 Å². The van der Waals surface area contributed by atoms with Crippen LogP contribution in [-0.4, -0.2) is 30.9 Å². The second kappa shape index (κ2) is 8.44. The molecule has 0 aromatic heterocycles. The van der Waals surface area contributed by atoms with Gasteiger partial charge in [0.05, 0.1) is 6.04 Å². The van der Waals surface area contributed by atoms with E-state index in [0.717, 1.165) is 0 Å². The van der Waals surface area contributed by atoms with Gasteiger partial charge in [-0.3, -0.25) is 9.59 Å². The molecule has 0 aliphatic rings. The van der Waals surface area contributed by atoms with Crippen LogP contribution in [0.4, 0.5) is 4.39 Å². The zero-order valence-electron chi connectivity index (χ0n) is 10.5. The number of carbonyl (C=O) groups excluding carboxylic acids is 2. The molecule has 2 amide bonds. The summed E-state index contributed by atoms with van der Waals surface area (Å²) in [6, 6.07) is 4.65. The van der Waals surface area contributed by atoms with Crippen LogP contribution in [0.25, 0.3) is 0 Å². The fraction of sp³-hybridized carbons (Fsp3) is 0.333. The first kappa shape index (κ1) is 17.3. The number of halogens is 2. The molecule has 0 bridgehead atoms. The Morgan fingerprint density at radius 1 is 1.21 bits per heavy atom. The number of benzene rings is 1. The lowest BCUT2D eigenvalue weighted by Crippen LogP contribution is -2.42. The van der Waals surface area contributed by atoms with Gasteiger partial charge in [-0.2, -0.15) is 0 Å². The number of hydrogen-bond acceptors (Lipinski definition) is 3. The molecule has 0 heterocycles. The molecule has 0 fully saturated rings. The lowest BCUT2D eigenvalue weighted by atomic mass is 10.2. The zero-order chi connectivity index (χ0) is 13.5. The van der Waals surface area contributed by atoms with Crippen LogP contribution in [-0.2, 0) is 4.79 Å². The Balaban J connectivity index is 0.00000324. The van der Waals surface area contributed by atoms with E-state index in [1.54, 1.807) is 6.92 Å². The fourth-order valence-electron chi connectivity index (χ4n) is 1.23. The topological polar surface area (TPSA) is 84.2 Å². The molecular weight excluding hydrogens is 273 g/mol. The van der Waals surface area contributed by atoms with E-state index >= 15 is 0 Å². The molecule has 19 heavy (non-hydrogen) atoms. The highest BCUT2D eigenvalue weighted by atomic mass is 35.5. The van der Waals surface area contributed by atoms with Crippen LogP contribution >= 0.6 is 12.4 Å². The molecule has 7 heteroatoms. The van der Waals surface area contributed by atoms with Crippen LogP contribution in [0.2, 0.25) is 0 Å². The minimum Gasteiger partial charge on any atom is -0.353 e. The fourth-order valence-corrected chi connectivity index (χ4v) is 1.23. The van der Waals surface area contributed by atoms with Crippen molar-refractivity contribution in [3.05, 3.63) is 35.6 Å². The monoisotopic (exact) mass is 289 g/mol.